The lowest BCUT2D eigenvalue weighted by Crippen LogP contribution is -2.47. The zero-order valence-corrected chi connectivity index (χ0v) is 16.4. The molecule has 0 radical (unpaired) electrons. The number of hydrogen-bond acceptors (Lipinski definition) is 7. The van der Waals surface area contributed by atoms with Crippen molar-refractivity contribution in [2.24, 2.45) is 0 Å². The molecule has 2 aliphatic heterocycles. The van der Waals surface area contributed by atoms with E-state index in [0.29, 0.717) is 41.4 Å². The molecule has 3 amide bonds. The number of imide groups is 1. The van der Waals surface area contributed by atoms with Gasteiger partial charge in [-0.15, -0.1) is 0 Å². The molecule has 1 spiro atoms. The number of hydrogen-bond donors (Lipinski definition) is 1. The van der Waals surface area contributed by atoms with Gasteiger partial charge in [0.05, 0.1) is 18.8 Å². The number of amides is 3. The minimum atomic E-state index is -1.15. The Balaban J connectivity index is 1.51. The lowest BCUT2D eigenvalue weighted by molar-refractivity contribution is -0.133. The zero-order valence-electron chi connectivity index (χ0n) is 15.5. The average molecular weight is 411 g/mol. The third-order valence-corrected chi connectivity index (χ3v) is 6.27. The van der Waals surface area contributed by atoms with Crippen molar-refractivity contribution in [3.8, 4) is 5.75 Å². The number of para-hydroxylation sites is 1. The Hall–Kier alpha value is -3.27. The number of carbonyl (C=O) groups is 2. The van der Waals surface area contributed by atoms with E-state index in [4.69, 9.17) is 4.74 Å². The first kappa shape index (κ1) is 17.8. The molecule has 3 aromatic rings. The van der Waals surface area contributed by atoms with Gasteiger partial charge in [-0.2, -0.15) is 9.61 Å². The second-order valence-corrected chi connectivity index (χ2v) is 7.99. The van der Waals surface area contributed by atoms with E-state index in [1.165, 1.54) is 21.9 Å². The minimum Gasteiger partial charge on any atom is -0.493 e. The predicted octanol–water partition coefficient (Wildman–Crippen LogP) is 1.44. The molecule has 5 rings (SSSR count). The van der Waals surface area contributed by atoms with Crippen molar-refractivity contribution in [1.82, 2.24) is 24.8 Å². The van der Waals surface area contributed by atoms with E-state index in [-0.39, 0.29) is 18.0 Å². The smallest absolute Gasteiger partial charge is 0.325 e. The van der Waals surface area contributed by atoms with Crippen LogP contribution in [-0.4, -0.2) is 38.0 Å². The van der Waals surface area contributed by atoms with Crippen LogP contribution >= 0.6 is 11.3 Å². The summed E-state index contributed by atoms with van der Waals surface area (Å²) in [5.41, 5.74) is -0.489. The second kappa shape index (κ2) is 6.38. The molecule has 10 heteroatoms. The first-order chi connectivity index (χ1) is 14.0. The van der Waals surface area contributed by atoms with Crippen LogP contribution in [0, 0.1) is 0 Å². The van der Waals surface area contributed by atoms with Gasteiger partial charge >= 0.3 is 6.03 Å². The molecule has 2 aliphatic rings. The van der Waals surface area contributed by atoms with Crippen LogP contribution in [0.1, 0.15) is 29.6 Å². The van der Waals surface area contributed by atoms with Crippen molar-refractivity contribution >= 4 is 28.2 Å². The number of rotatable bonds is 3. The van der Waals surface area contributed by atoms with Crippen LogP contribution < -0.4 is 15.6 Å². The molecule has 0 unspecified atom stereocenters. The maximum atomic E-state index is 13.3. The molecule has 1 saturated heterocycles. The van der Waals surface area contributed by atoms with Gasteiger partial charge in [-0.1, -0.05) is 36.5 Å². The van der Waals surface area contributed by atoms with Crippen LogP contribution in [0.4, 0.5) is 4.79 Å². The predicted molar refractivity (Wildman–Crippen MR) is 104 cm³/mol. The fourth-order valence-corrected chi connectivity index (χ4v) is 4.65. The fraction of sp³-hybridized carbons (Fsp3) is 0.316. The molecule has 0 bridgehead atoms. The number of carbonyl (C=O) groups excluding carboxylic acids is 2. The Morgan fingerprint density at radius 1 is 1.28 bits per heavy atom. The summed E-state index contributed by atoms with van der Waals surface area (Å²) in [5.74, 6) is 0.225. The third kappa shape index (κ3) is 2.63. The van der Waals surface area contributed by atoms with Gasteiger partial charge in [0, 0.05) is 18.1 Å². The van der Waals surface area contributed by atoms with Crippen LogP contribution in [0.3, 0.4) is 0 Å². The number of ether oxygens (including phenoxy) is 1. The van der Waals surface area contributed by atoms with Gasteiger partial charge in [-0.3, -0.25) is 14.5 Å². The molecule has 1 fully saturated rings. The van der Waals surface area contributed by atoms with Crippen LogP contribution in [0.5, 0.6) is 5.75 Å². The summed E-state index contributed by atoms with van der Waals surface area (Å²) < 4.78 is 6.89. The summed E-state index contributed by atoms with van der Waals surface area (Å²) in [5, 5.41) is 7.85. The van der Waals surface area contributed by atoms with Crippen molar-refractivity contribution in [2.45, 2.75) is 31.8 Å². The third-order valence-electron chi connectivity index (χ3n) is 5.22. The van der Waals surface area contributed by atoms with E-state index in [9.17, 15) is 14.4 Å². The Morgan fingerprint density at radius 2 is 2.10 bits per heavy atom. The molecule has 9 nitrogen and oxygen atoms in total. The normalized spacial score (nSPS) is 20.8. The topological polar surface area (TPSA) is 106 Å². The van der Waals surface area contributed by atoms with Gasteiger partial charge in [0.25, 0.3) is 11.5 Å². The first-order valence-corrected chi connectivity index (χ1v) is 10.1. The van der Waals surface area contributed by atoms with Crippen LogP contribution in [0.15, 0.2) is 35.1 Å². The lowest BCUT2D eigenvalue weighted by Gasteiger charge is -2.33. The van der Waals surface area contributed by atoms with Crippen molar-refractivity contribution in [2.75, 3.05) is 6.61 Å². The van der Waals surface area contributed by atoms with Crippen molar-refractivity contribution in [3.05, 3.63) is 57.0 Å². The highest BCUT2D eigenvalue weighted by Crippen LogP contribution is 2.41. The maximum absolute atomic E-state index is 13.3. The average Bonchev–Trinajstić information content (AvgIpc) is 3.24. The highest BCUT2D eigenvalue weighted by atomic mass is 32.1. The Kier molecular flexibility index (Phi) is 3.91. The van der Waals surface area contributed by atoms with Crippen LogP contribution in [-0.2, 0) is 23.3 Å². The van der Waals surface area contributed by atoms with E-state index in [0.717, 1.165) is 9.91 Å². The first-order valence-electron chi connectivity index (χ1n) is 9.27. The van der Waals surface area contributed by atoms with E-state index < -0.39 is 11.6 Å². The summed E-state index contributed by atoms with van der Waals surface area (Å²) in [7, 11) is 0. The van der Waals surface area contributed by atoms with Gasteiger partial charge in [-0.05, 0) is 12.5 Å². The summed E-state index contributed by atoms with van der Waals surface area (Å²) in [6.45, 7) is 2.19. The molecule has 0 aliphatic carbocycles. The van der Waals surface area contributed by atoms with E-state index in [2.05, 4.69) is 15.4 Å². The standard InChI is InChI=1S/C19H17N5O4S/c1-2-14-22-24-15(25)9-11(20-18(24)29-14)10-23-16(26)19(21-17(23)27)7-8-28-13-6-4-3-5-12(13)19/h3-6,9H,2,7-8,10H2,1H3,(H,21,27)/t19-/m0/s1. The Bertz CT molecular complexity index is 1220. The van der Waals surface area contributed by atoms with Crippen molar-refractivity contribution in [1.29, 1.82) is 0 Å². The summed E-state index contributed by atoms with van der Waals surface area (Å²) >= 11 is 1.32. The van der Waals surface area contributed by atoms with E-state index >= 15 is 0 Å². The molecule has 2 aromatic heterocycles. The Morgan fingerprint density at radius 3 is 2.93 bits per heavy atom. The van der Waals surface area contributed by atoms with Gasteiger partial charge in [-0.25, -0.2) is 9.78 Å². The molecule has 1 atom stereocenters. The second-order valence-electron chi connectivity index (χ2n) is 6.95. The SMILES string of the molecule is CCc1nn2c(=O)cc(CN3C(=O)N[C@]4(CCOc5ccccc54)C3=O)nc2s1. The summed E-state index contributed by atoms with van der Waals surface area (Å²) in [6.07, 6.45) is 1.04. The molecular weight excluding hydrogens is 394 g/mol. The van der Waals surface area contributed by atoms with E-state index in [1.807, 2.05) is 19.1 Å². The molecule has 1 aromatic carbocycles. The summed E-state index contributed by atoms with van der Waals surface area (Å²) in [6, 6.07) is 8.01. The quantitative estimate of drug-likeness (QED) is 0.654. The van der Waals surface area contributed by atoms with Gasteiger partial charge in [0.2, 0.25) is 4.96 Å². The largest absolute Gasteiger partial charge is 0.493 e. The van der Waals surface area contributed by atoms with Crippen molar-refractivity contribution in [3.63, 3.8) is 0 Å². The van der Waals surface area contributed by atoms with Crippen LogP contribution in [0.25, 0.3) is 4.96 Å². The number of nitrogens with zero attached hydrogens (tertiary/aromatic N) is 4. The minimum absolute atomic E-state index is 0.0828. The van der Waals surface area contributed by atoms with E-state index in [1.54, 1.807) is 12.1 Å². The molecule has 1 N–H and O–H groups in total. The van der Waals surface area contributed by atoms with Gasteiger partial charge < -0.3 is 10.1 Å². The number of aryl methyl sites for hydroxylation is 1. The maximum Gasteiger partial charge on any atom is 0.325 e. The Labute approximate surface area is 168 Å². The lowest BCUT2D eigenvalue weighted by atomic mass is 9.84. The number of aromatic nitrogens is 3. The summed E-state index contributed by atoms with van der Waals surface area (Å²) in [4.78, 5) is 44.4. The van der Waals surface area contributed by atoms with Crippen LogP contribution in [0.2, 0.25) is 0 Å². The molecule has 29 heavy (non-hydrogen) atoms. The molecule has 4 heterocycles. The highest BCUT2D eigenvalue weighted by Gasteiger charge is 2.54. The van der Waals surface area contributed by atoms with Crippen molar-refractivity contribution < 1.29 is 14.3 Å². The zero-order chi connectivity index (χ0) is 20.2. The fourth-order valence-electron chi connectivity index (χ4n) is 3.80. The molecule has 0 saturated carbocycles. The number of benzene rings is 1. The number of nitrogens with one attached hydrogen (secondary N) is 1. The monoisotopic (exact) mass is 411 g/mol. The molecule has 148 valence electrons. The number of fused-ring (bicyclic) bond motifs is 3. The number of urea groups is 1. The molecular formula is C19H17N5O4S. The highest BCUT2D eigenvalue weighted by molar-refractivity contribution is 7.16. The van der Waals surface area contributed by atoms with Gasteiger partial charge in [0.1, 0.15) is 10.8 Å². The van der Waals surface area contributed by atoms with Gasteiger partial charge in [0.15, 0.2) is 5.54 Å².